The first-order valence-electron chi connectivity index (χ1n) is 5.33. The van der Waals surface area contributed by atoms with Gasteiger partial charge in [0.1, 0.15) is 0 Å². The maximum atomic E-state index is 8.93. The van der Waals surface area contributed by atoms with Gasteiger partial charge in [0.25, 0.3) is 0 Å². The van der Waals surface area contributed by atoms with Crippen molar-refractivity contribution in [2.45, 2.75) is 0 Å². The van der Waals surface area contributed by atoms with Gasteiger partial charge in [0, 0.05) is 0 Å². The van der Waals surface area contributed by atoms with Gasteiger partial charge >= 0.3 is 44.8 Å². The number of hydrogen-bond donors (Lipinski definition) is 0. The van der Waals surface area contributed by atoms with Crippen molar-refractivity contribution in [1.82, 2.24) is 0 Å². The van der Waals surface area contributed by atoms with E-state index in [4.69, 9.17) is 99.0 Å². The van der Waals surface area contributed by atoms with Crippen molar-refractivity contribution in [3.63, 3.8) is 0 Å². The Hall–Kier alpha value is -4.06. The minimum atomic E-state index is -2.19. The SMILES string of the molecule is O.O.O.O.O.O.O=C([O-])C(=O)[O-].O=C([O-])C(=O)[O-].O=C([O-])C(=O)[O-].O=C([O-])C(=O)[O-].O=C([O-])C(=O)[O-].[Nb+5].[Nb+5]. The fourth-order valence-corrected chi connectivity index (χ4v) is 0. The van der Waals surface area contributed by atoms with E-state index in [9.17, 15) is 0 Å². The second kappa shape index (κ2) is 49.9. The summed E-state index contributed by atoms with van der Waals surface area (Å²) in [5.41, 5.74) is 0. The predicted molar refractivity (Wildman–Crippen MR) is 71.8 cm³/mol. The van der Waals surface area contributed by atoms with Crippen molar-refractivity contribution < 1.29 is 177 Å². The van der Waals surface area contributed by atoms with E-state index < -0.39 is 59.7 Å². The van der Waals surface area contributed by atoms with E-state index in [1.54, 1.807) is 0 Å². The van der Waals surface area contributed by atoms with E-state index >= 15 is 0 Å². The Labute approximate surface area is 236 Å². The molecule has 0 aromatic rings. The molecule has 0 fully saturated rings. The Morgan fingerprint density at radius 2 is 0.237 bits per heavy atom. The van der Waals surface area contributed by atoms with Crippen molar-refractivity contribution in [2.24, 2.45) is 0 Å². The molecule has 0 unspecified atom stereocenters. The third-order valence-electron chi connectivity index (χ3n) is 0.833. The molecule has 0 saturated heterocycles. The first-order chi connectivity index (χ1) is 13.2. The number of carboxylic acids is 10. The number of hydrogen-bond acceptors (Lipinski definition) is 20. The van der Waals surface area contributed by atoms with Crippen LogP contribution in [0.5, 0.6) is 0 Å². The fraction of sp³-hybridized carbons (Fsp3) is 0. The summed E-state index contributed by atoms with van der Waals surface area (Å²) >= 11 is 0. The maximum Gasteiger partial charge on any atom is 5.00 e. The van der Waals surface area contributed by atoms with E-state index in [1.807, 2.05) is 0 Å². The molecular formula is C10H12Nb2O26. The van der Waals surface area contributed by atoms with Gasteiger partial charge in [-0.1, -0.05) is 0 Å². The minimum absolute atomic E-state index is 0. The second-order valence-corrected chi connectivity index (χ2v) is 2.87. The molecule has 0 spiro atoms. The zero-order valence-corrected chi connectivity index (χ0v) is 21.5. The van der Waals surface area contributed by atoms with Crippen molar-refractivity contribution in [3.8, 4) is 0 Å². The molecule has 0 aromatic heterocycles. The zero-order valence-electron chi connectivity index (χ0n) is 17.1. The third-order valence-corrected chi connectivity index (χ3v) is 0.833. The van der Waals surface area contributed by atoms with E-state index in [0.29, 0.717) is 0 Å². The molecule has 0 atom stereocenters. The quantitative estimate of drug-likeness (QED) is 0.165. The van der Waals surface area contributed by atoms with Crippen LogP contribution in [0.1, 0.15) is 0 Å². The van der Waals surface area contributed by atoms with Crippen molar-refractivity contribution in [3.05, 3.63) is 0 Å². The van der Waals surface area contributed by atoms with Crippen LogP contribution in [0.4, 0.5) is 0 Å². The van der Waals surface area contributed by atoms with Gasteiger partial charge in [-0.15, -0.1) is 0 Å². The largest absolute Gasteiger partial charge is 5.00 e. The Bertz CT molecular complexity index is 512. The summed E-state index contributed by atoms with van der Waals surface area (Å²) in [7, 11) is 0. The monoisotopic (exact) mass is 734 g/mol. The molecule has 38 heavy (non-hydrogen) atoms. The van der Waals surface area contributed by atoms with Gasteiger partial charge in [-0.2, -0.15) is 0 Å². The molecule has 12 N–H and O–H groups in total. The van der Waals surface area contributed by atoms with Gasteiger partial charge in [-0.25, -0.2) is 0 Å². The van der Waals surface area contributed by atoms with E-state index in [2.05, 4.69) is 0 Å². The molecule has 0 heterocycles. The van der Waals surface area contributed by atoms with Crippen LogP contribution in [0, 0.1) is 0 Å². The van der Waals surface area contributed by atoms with Crippen LogP contribution in [0.2, 0.25) is 0 Å². The normalized spacial score (nSPS) is 5.79. The van der Waals surface area contributed by atoms with Crippen LogP contribution in [-0.4, -0.2) is 92.6 Å². The van der Waals surface area contributed by atoms with Crippen LogP contribution < -0.4 is 51.1 Å². The summed E-state index contributed by atoms with van der Waals surface area (Å²) in [4.78, 5) is 89.3. The summed E-state index contributed by atoms with van der Waals surface area (Å²) in [5.74, 6) is -21.9. The summed E-state index contributed by atoms with van der Waals surface area (Å²) in [6, 6.07) is 0. The molecule has 0 amide bonds. The Kier molecular flexibility index (Phi) is 110. The molecule has 0 aliphatic heterocycles. The first-order valence-corrected chi connectivity index (χ1v) is 5.33. The van der Waals surface area contributed by atoms with Gasteiger partial charge in [0.15, 0.2) is 0 Å². The molecule has 0 bridgehead atoms. The fourth-order valence-electron chi connectivity index (χ4n) is 0. The molecule has 218 valence electrons. The number of carbonyl (C=O) groups is 10. The maximum absolute atomic E-state index is 8.93. The molecule has 26 nitrogen and oxygen atoms in total. The van der Waals surface area contributed by atoms with E-state index in [0.717, 1.165) is 0 Å². The molecule has 0 aliphatic carbocycles. The Morgan fingerprint density at radius 1 is 0.211 bits per heavy atom. The van der Waals surface area contributed by atoms with Crippen LogP contribution in [0.25, 0.3) is 0 Å². The van der Waals surface area contributed by atoms with E-state index in [-0.39, 0.29) is 77.6 Å². The van der Waals surface area contributed by atoms with Crippen molar-refractivity contribution in [1.29, 1.82) is 0 Å². The van der Waals surface area contributed by atoms with Gasteiger partial charge in [-0.05, 0) is 0 Å². The average Bonchev–Trinajstić information content (AvgIpc) is 2.56. The summed E-state index contributed by atoms with van der Waals surface area (Å²) in [5, 5.41) is 89.3. The number of aliphatic carboxylic acids is 10. The Balaban J connectivity index is -0.0000000178. The molecule has 0 aliphatic rings. The zero-order chi connectivity index (χ0) is 25.8. The molecule has 28 heteroatoms. The van der Waals surface area contributed by atoms with Crippen molar-refractivity contribution in [2.75, 3.05) is 0 Å². The Morgan fingerprint density at radius 3 is 0.237 bits per heavy atom. The van der Waals surface area contributed by atoms with Gasteiger partial charge in [-0.3, -0.25) is 0 Å². The minimum Gasteiger partial charge on any atom is -0.543 e. The molecule has 0 radical (unpaired) electrons. The summed E-state index contributed by atoms with van der Waals surface area (Å²) in [6.45, 7) is 0. The predicted octanol–water partition coefficient (Wildman–Crippen LogP) is -22.5. The third kappa shape index (κ3) is 120. The van der Waals surface area contributed by atoms with Crippen LogP contribution >= 0.6 is 0 Å². The van der Waals surface area contributed by atoms with Gasteiger partial charge in [0.2, 0.25) is 0 Å². The van der Waals surface area contributed by atoms with E-state index in [1.165, 1.54) is 0 Å². The average molecular weight is 734 g/mol. The molecule has 0 aromatic carbocycles. The summed E-state index contributed by atoms with van der Waals surface area (Å²) in [6.07, 6.45) is 0. The van der Waals surface area contributed by atoms with Crippen LogP contribution in [-0.2, 0) is 92.7 Å². The number of carbonyl (C=O) groups excluding carboxylic acids is 10. The standard InChI is InChI=1S/5C2H2O4.2Nb.6H2O/c5*3-1(4)2(5)6;;;;;;;;/h5*(H,3,4)(H,5,6);;;6*1H2/q;;;;;2*+5;;;;;;/p-10. The van der Waals surface area contributed by atoms with Crippen LogP contribution in [0.3, 0.4) is 0 Å². The molecule has 0 rings (SSSR count). The van der Waals surface area contributed by atoms with Crippen LogP contribution in [0.15, 0.2) is 0 Å². The van der Waals surface area contributed by atoms with Gasteiger partial charge in [0.05, 0.1) is 59.7 Å². The first kappa shape index (κ1) is 84.0. The molecular weight excluding hydrogens is 722 g/mol. The second-order valence-electron chi connectivity index (χ2n) is 2.87. The van der Waals surface area contributed by atoms with Gasteiger partial charge < -0.3 is 132 Å². The summed E-state index contributed by atoms with van der Waals surface area (Å²) < 4.78 is 0. The number of rotatable bonds is 0. The topological polar surface area (TPSA) is 590 Å². The van der Waals surface area contributed by atoms with Crippen molar-refractivity contribution >= 4 is 59.7 Å². The number of carboxylic acid groups (broad SMARTS) is 10. The molecule has 0 saturated carbocycles. The smallest absolute Gasteiger partial charge is 0.543 e.